The molecule has 0 radical (unpaired) electrons. The minimum absolute atomic E-state index is 0.0781. The van der Waals surface area contributed by atoms with Crippen LogP contribution in [0.4, 0.5) is 0 Å². The van der Waals surface area contributed by atoms with Crippen LogP contribution in [-0.2, 0) is 9.59 Å². The van der Waals surface area contributed by atoms with E-state index in [1.807, 2.05) is 6.92 Å². The summed E-state index contributed by atoms with van der Waals surface area (Å²) >= 11 is 0. The van der Waals surface area contributed by atoms with Gasteiger partial charge in [-0.1, -0.05) is 0 Å². The minimum Gasteiger partial charge on any atom is -0.481 e. The number of nitrogens with zero attached hydrogens (tertiary/aromatic N) is 1. The third kappa shape index (κ3) is 2.97. The van der Waals surface area contributed by atoms with Crippen LogP contribution in [0.25, 0.3) is 0 Å². The number of hydrogen-bond donors (Lipinski definition) is 2. The highest BCUT2D eigenvalue weighted by Crippen LogP contribution is 2.25. The van der Waals surface area contributed by atoms with Crippen molar-refractivity contribution >= 4 is 11.9 Å². The van der Waals surface area contributed by atoms with E-state index >= 15 is 0 Å². The third-order valence-electron chi connectivity index (χ3n) is 3.74. The first kappa shape index (κ1) is 12.4. The molecule has 0 bridgehead atoms. The zero-order chi connectivity index (χ0) is 12.4. The number of carbonyl (C=O) groups is 2. The maximum Gasteiger partial charge on any atom is 0.308 e. The van der Waals surface area contributed by atoms with Gasteiger partial charge in [0.05, 0.1) is 5.92 Å². The van der Waals surface area contributed by atoms with Crippen molar-refractivity contribution in [2.45, 2.75) is 44.7 Å². The first-order valence-electron chi connectivity index (χ1n) is 6.35. The molecule has 0 aromatic rings. The summed E-state index contributed by atoms with van der Waals surface area (Å²) in [5.74, 6) is -1.10. The summed E-state index contributed by atoms with van der Waals surface area (Å²) in [5.41, 5.74) is 0. The Bertz CT molecular complexity index is 315. The molecule has 0 spiro atoms. The molecular formula is C12H20N2O3. The summed E-state index contributed by atoms with van der Waals surface area (Å²) in [6, 6.07) is 0.450. The van der Waals surface area contributed by atoms with Gasteiger partial charge in [-0.3, -0.25) is 9.59 Å². The fourth-order valence-corrected chi connectivity index (χ4v) is 2.44. The highest BCUT2D eigenvalue weighted by Gasteiger charge is 2.37. The molecule has 96 valence electrons. The molecule has 5 heteroatoms. The first-order chi connectivity index (χ1) is 8.09. The molecule has 5 nitrogen and oxygen atoms in total. The van der Waals surface area contributed by atoms with Crippen molar-refractivity contribution < 1.29 is 14.7 Å². The molecular weight excluding hydrogens is 220 g/mol. The van der Waals surface area contributed by atoms with Crippen molar-refractivity contribution in [3.05, 3.63) is 0 Å². The van der Waals surface area contributed by atoms with Crippen LogP contribution in [0.1, 0.15) is 32.6 Å². The van der Waals surface area contributed by atoms with E-state index in [9.17, 15) is 9.59 Å². The Morgan fingerprint density at radius 1 is 1.35 bits per heavy atom. The van der Waals surface area contributed by atoms with Gasteiger partial charge in [0.1, 0.15) is 0 Å². The van der Waals surface area contributed by atoms with Crippen LogP contribution >= 0.6 is 0 Å². The van der Waals surface area contributed by atoms with Crippen LogP contribution in [0.5, 0.6) is 0 Å². The number of carboxylic acids is 1. The Morgan fingerprint density at radius 3 is 2.59 bits per heavy atom. The average molecular weight is 240 g/mol. The first-order valence-corrected chi connectivity index (χ1v) is 6.35. The molecule has 1 saturated heterocycles. The van der Waals surface area contributed by atoms with Crippen molar-refractivity contribution in [1.82, 2.24) is 10.2 Å². The van der Waals surface area contributed by atoms with E-state index in [1.165, 1.54) is 12.8 Å². The van der Waals surface area contributed by atoms with Crippen molar-refractivity contribution in [2.75, 3.05) is 13.1 Å². The van der Waals surface area contributed by atoms with Gasteiger partial charge in [-0.25, -0.2) is 0 Å². The second-order valence-corrected chi connectivity index (χ2v) is 5.04. The number of likely N-dealkylation sites (tertiary alicyclic amines) is 1. The van der Waals surface area contributed by atoms with Gasteiger partial charge in [-0.2, -0.15) is 0 Å². The zero-order valence-electron chi connectivity index (χ0n) is 10.2. The zero-order valence-corrected chi connectivity index (χ0v) is 10.2. The monoisotopic (exact) mass is 240 g/mol. The van der Waals surface area contributed by atoms with E-state index in [0.717, 1.165) is 0 Å². The SMILES string of the molecule is CC1C(C(=O)O)CCN1C(=O)CCNC1CC1. The normalized spacial score (nSPS) is 28.4. The van der Waals surface area contributed by atoms with Gasteiger partial charge in [0.2, 0.25) is 5.91 Å². The highest BCUT2D eigenvalue weighted by molar-refractivity contribution is 5.79. The molecule has 2 fully saturated rings. The van der Waals surface area contributed by atoms with Gasteiger partial charge in [0.25, 0.3) is 0 Å². The van der Waals surface area contributed by atoms with E-state index in [2.05, 4.69) is 5.32 Å². The number of nitrogens with one attached hydrogen (secondary N) is 1. The van der Waals surface area contributed by atoms with Crippen LogP contribution in [0.15, 0.2) is 0 Å². The largest absolute Gasteiger partial charge is 0.481 e. The lowest BCUT2D eigenvalue weighted by atomic mass is 10.0. The summed E-state index contributed by atoms with van der Waals surface area (Å²) in [7, 11) is 0. The fraction of sp³-hybridized carbons (Fsp3) is 0.833. The Kier molecular flexibility index (Phi) is 3.66. The van der Waals surface area contributed by atoms with E-state index in [4.69, 9.17) is 5.11 Å². The molecule has 0 aromatic heterocycles. The molecule has 1 aliphatic heterocycles. The molecule has 17 heavy (non-hydrogen) atoms. The van der Waals surface area contributed by atoms with Crippen LogP contribution in [0, 0.1) is 5.92 Å². The quantitative estimate of drug-likeness (QED) is 0.732. The van der Waals surface area contributed by atoms with Gasteiger partial charge >= 0.3 is 5.97 Å². The van der Waals surface area contributed by atoms with E-state index in [-0.39, 0.29) is 11.9 Å². The summed E-state index contributed by atoms with van der Waals surface area (Å²) in [6.45, 7) is 3.13. The number of carbonyl (C=O) groups excluding carboxylic acids is 1. The van der Waals surface area contributed by atoms with E-state index in [1.54, 1.807) is 4.90 Å². The maximum atomic E-state index is 11.9. The predicted octanol–water partition coefficient (Wildman–Crippen LogP) is 0.450. The Labute approximate surface area is 101 Å². The molecule has 2 unspecified atom stereocenters. The minimum atomic E-state index is -0.788. The molecule has 2 atom stereocenters. The molecule has 1 heterocycles. The lowest BCUT2D eigenvalue weighted by Gasteiger charge is -2.23. The van der Waals surface area contributed by atoms with E-state index < -0.39 is 11.9 Å². The summed E-state index contributed by atoms with van der Waals surface area (Å²) in [5, 5.41) is 12.3. The Morgan fingerprint density at radius 2 is 2.06 bits per heavy atom. The van der Waals surface area contributed by atoms with Crippen molar-refractivity contribution in [1.29, 1.82) is 0 Å². The van der Waals surface area contributed by atoms with Crippen LogP contribution in [0.3, 0.4) is 0 Å². The van der Waals surface area contributed by atoms with Crippen LogP contribution in [0.2, 0.25) is 0 Å². The second kappa shape index (κ2) is 5.04. The topological polar surface area (TPSA) is 69.6 Å². The number of rotatable bonds is 5. The lowest BCUT2D eigenvalue weighted by Crippen LogP contribution is -2.39. The van der Waals surface area contributed by atoms with Crippen molar-refractivity contribution in [3.8, 4) is 0 Å². The highest BCUT2D eigenvalue weighted by atomic mass is 16.4. The van der Waals surface area contributed by atoms with Gasteiger partial charge in [0, 0.05) is 31.6 Å². The van der Waals surface area contributed by atoms with Gasteiger partial charge in [-0.15, -0.1) is 0 Å². The fourth-order valence-electron chi connectivity index (χ4n) is 2.44. The molecule has 2 rings (SSSR count). The van der Waals surface area contributed by atoms with Crippen molar-refractivity contribution in [2.24, 2.45) is 5.92 Å². The average Bonchev–Trinajstić information content (AvgIpc) is 2.99. The lowest BCUT2D eigenvalue weighted by molar-refractivity contribution is -0.143. The smallest absolute Gasteiger partial charge is 0.308 e. The van der Waals surface area contributed by atoms with Crippen LogP contribution in [-0.4, -0.2) is 47.1 Å². The molecule has 1 aliphatic carbocycles. The summed E-state index contributed by atoms with van der Waals surface area (Å²) in [4.78, 5) is 24.6. The van der Waals surface area contributed by atoms with Gasteiger partial charge in [0.15, 0.2) is 0 Å². The van der Waals surface area contributed by atoms with Crippen LogP contribution < -0.4 is 5.32 Å². The molecule has 1 saturated carbocycles. The number of carboxylic acid groups (broad SMARTS) is 1. The van der Waals surface area contributed by atoms with Crippen molar-refractivity contribution in [3.63, 3.8) is 0 Å². The van der Waals surface area contributed by atoms with Gasteiger partial charge in [-0.05, 0) is 26.2 Å². The number of hydrogen-bond acceptors (Lipinski definition) is 3. The number of aliphatic carboxylic acids is 1. The Balaban J connectivity index is 1.76. The Hall–Kier alpha value is -1.10. The third-order valence-corrected chi connectivity index (χ3v) is 3.74. The second-order valence-electron chi connectivity index (χ2n) is 5.04. The molecule has 2 aliphatic rings. The maximum absolute atomic E-state index is 11.9. The molecule has 1 amide bonds. The van der Waals surface area contributed by atoms with Gasteiger partial charge < -0.3 is 15.3 Å². The standard InChI is InChI=1S/C12H20N2O3/c1-8-10(12(16)17)5-7-14(8)11(15)4-6-13-9-2-3-9/h8-10,13H,2-7H2,1H3,(H,16,17). The summed E-state index contributed by atoms with van der Waals surface area (Å²) < 4.78 is 0. The number of amides is 1. The molecule has 2 N–H and O–H groups in total. The van der Waals surface area contributed by atoms with E-state index in [0.29, 0.717) is 32.0 Å². The predicted molar refractivity (Wildman–Crippen MR) is 62.6 cm³/mol. The summed E-state index contributed by atoms with van der Waals surface area (Å²) in [6.07, 6.45) is 3.50. The molecule has 0 aromatic carbocycles.